The molecule has 0 aliphatic rings. The van der Waals surface area contributed by atoms with Gasteiger partial charge in [-0.2, -0.15) is 0 Å². The molecule has 0 saturated heterocycles. The summed E-state index contributed by atoms with van der Waals surface area (Å²) in [4.78, 5) is 43.0. The van der Waals surface area contributed by atoms with Gasteiger partial charge >= 0.3 is 29.0 Å². The summed E-state index contributed by atoms with van der Waals surface area (Å²) in [6.07, 6.45) is 0. The molecule has 0 N–H and O–H groups in total. The SMILES string of the molecule is CCOC(=O)c1ccc(C(=O)[O-])cc1.CCOC(=O)c1ccc(C(=O)[O-])cc1.[Cu+2]. The molecular formula is C20H18CuO8. The maximum atomic E-state index is 11.1. The first kappa shape index (κ1) is 25.8. The van der Waals surface area contributed by atoms with Crippen molar-refractivity contribution in [3.8, 4) is 0 Å². The van der Waals surface area contributed by atoms with Crippen molar-refractivity contribution in [2.45, 2.75) is 13.8 Å². The zero-order valence-electron chi connectivity index (χ0n) is 15.6. The van der Waals surface area contributed by atoms with Gasteiger partial charge in [0, 0.05) is 0 Å². The number of benzene rings is 2. The Morgan fingerprint density at radius 1 is 0.621 bits per heavy atom. The second kappa shape index (κ2) is 13.1. The van der Waals surface area contributed by atoms with E-state index in [4.69, 9.17) is 9.47 Å². The minimum Gasteiger partial charge on any atom is -0.545 e. The van der Waals surface area contributed by atoms with Gasteiger partial charge in [-0.05, 0) is 49.2 Å². The molecule has 0 amide bonds. The van der Waals surface area contributed by atoms with Gasteiger partial charge in [-0.25, -0.2) is 9.59 Å². The molecule has 2 rings (SSSR count). The van der Waals surface area contributed by atoms with Crippen LogP contribution in [0.25, 0.3) is 0 Å². The van der Waals surface area contributed by atoms with Crippen LogP contribution in [0.2, 0.25) is 0 Å². The van der Waals surface area contributed by atoms with Crippen LogP contribution in [0.5, 0.6) is 0 Å². The van der Waals surface area contributed by atoms with Crippen molar-refractivity contribution in [2.24, 2.45) is 0 Å². The molecule has 0 aliphatic carbocycles. The second-order valence-corrected chi connectivity index (χ2v) is 5.17. The van der Waals surface area contributed by atoms with Gasteiger partial charge in [0.05, 0.1) is 36.3 Å². The second-order valence-electron chi connectivity index (χ2n) is 5.17. The van der Waals surface area contributed by atoms with Crippen LogP contribution in [-0.4, -0.2) is 37.1 Å². The fourth-order valence-electron chi connectivity index (χ4n) is 1.91. The summed E-state index contributed by atoms with van der Waals surface area (Å²) in [5, 5.41) is 20.8. The summed E-state index contributed by atoms with van der Waals surface area (Å²) >= 11 is 0. The summed E-state index contributed by atoms with van der Waals surface area (Å²) in [5.74, 6) is -3.45. The minimum atomic E-state index is -1.26. The number of carbonyl (C=O) groups excluding carboxylic acids is 4. The van der Waals surface area contributed by atoms with Gasteiger partial charge in [-0.15, -0.1) is 0 Å². The molecular weight excluding hydrogens is 432 g/mol. The minimum absolute atomic E-state index is 0. The van der Waals surface area contributed by atoms with Gasteiger partial charge in [0.2, 0.25) is 0 Å². The molecule has 29 heavy (non-hydrogen) atoms. The van der Waals surface area contributed by atoms with E-state index in [-0.39, 0.29) is 28.2 Å². The normalized spacial score (nSPS) is 9.17. The van der Waals surface area contributed by atoms with Crippen LogP contribution in [0.15, 0.2) is 48.5 Å². The van der Waals surface area contributed by atoms with Crippen LogP contribution in [0.3, 0.4) is 0 Å². The van der Waals surface area contributed by atoms with Crippen LogP contribution in [0.1, 0.15) is 55.3 Å². The Balaban J connectivity index is 0.000000523. The Morgan fingerprint density at radius 3 is 1.07 bits per heavy atom. The monoisotopic (exact) mass is 449 g/mol. The van der Waals surface area contributed by atoms with Crippen LogP contribution >= 0.6 is 0 Å². The van der Waals surface area contributed by atoms with Crippen LogP contribution in [0, 0.1) is 0 Å². The Kier molecular flexibility index (Phi) is 11.7. The Hall–Kier alpha value is -3.16. The summed E-state index contributed by atoms with van der Waals surface area (Å²) in [5.41, 5.74) is 0.741. The average molecular weight is 450 g/mol. The number of rotatable bonds is 6. The molecule has 157 valence electrons. The van der Waals surface area contributed by atoms with Gasteiger partial charge in [0.25, 0.3) is 0 Å². The van der Waals surface area contributed by atoms with Gasteiger partial charge in [-0.3, -0.25) is 0 Å². The molecule has 0 heterocycles. The molecule has 1 radical (unpaired) electrons. The van der Waals surface area contributed by atoms with E-state index in [0.717, 1.165) is 0 Å². The zero-order valence-corrected chi connectivity index (χ0v) is 16.5. The number of hydrogen-bond acceptors (Lipinski definition) is 8. The Bertz CT molecular complexity index is 757. The van der Waals surface area contributed by atoms with Crippen molar-refractivity contribution >= 4 is 23.9 Å². The molecule has 9 heteroatoms. The fourth-order valence-corrected chi connectivity index (χ4v) is 1.91. The third-order valence-corrected chi connectivity index (χ3v) is 3.26. The van der Waals surface area contributed by atoms with E-state index in [2.05, 4.69) is 0 Å². The summed E-state index contributed by atoms with van der Waals surface area (Å²) in [6.45, 7) is 3.99. The Labute approximate surface area is 177 Å². The third-order valence-electron chi connectivity index (χ3n) is 3.26. The topological polar surface area (TPSA) is 133 Å². The van der Waals surface area contributed by atoms with Crippen LogP contribution < -0.4 is 10.2 Å². The average Bonchev–Trinajstić information content (AvgIpc) is 2.69. The predicted molar refractivity (Wildman–Crippen MR) is 93.5 cm³/mol. The number of carboxylic acid groups (broad SMARTS) is 2. The summed E-state index contributed by atoms with van der Waals surface area (Å²) in [7, 11) is 0. The summed E-state index contributed by atoms with van der Waals surface area (Å²) in [6, 6.07) is 10.8. The van der Waals surface area contributed by atoms with E-state index in [1.165, 1.54) is 48.5 Å². The predicted octanol–water partition coefficient (Wildman–Crippen LogP) is 0.451. The van der Waals surface area contributed by atoms with Crippen molar-refractivity contribution in [1.82, 2.24) is 0 Å². The number of carboxylic acids is 2. The van der Waals surface area contributed by atoms with Gasteiger partial charge < -0.3 is 29.3 Å². The number of carbonyl (C=O) groups is 4. The molecule has 2 aromatic rings. The first-order chi connectivity index (χ1) is 13.3. The van der Waals surface area contributed by atoms with E-state index >= 15 is 0 Å². The van der Waals surface area contributed by atoms with Gasteiger partial charge in [0.15, 0.2) is 0 Å². The van der Waals surface area contributed by atoms with E-state index in [9.17, 15) is 29.4 Å². The zero-order chi connectivity index (χ0) is 21.1. The maximum Gasteiger partial charge on any atom is 2.00 e. The smallest absolute Gasteiger partial charge is 0.545 e. The van der Waals surface area contributed by atoms with Crippen molar-refractivity contribution in [3.05, 3.63) is 70.8 Å². The molecule has 0 atom stereocenters. The number of hydrogen-bond donors (Lipinski definition) is 0. The van der Waals surface area contributed by atoms with Crippen molar-refractivity contribution in [2.75, 3.05) is 13.2 Å². The molecule has 0 spiro atoms. The van der Waals surface area contributed by atoms with Crippen molar-refractivity contribution in [1.29, 1.82) is 0 Å². The van der Waals surface area contributed by atoms with Crippen LogP contribution in [0.4, 0.5) is 0 Å². The van der Waals surface area contributed by atoms with Gasteiger partial charge in [-0.1, -0.05) is 24.3 Å². The molecule has 0 fully saturated rings. The van der Waals surface area contributed by atoms with Crippen molar-refractivity contribution < 1.29 is 55.9 Å². The quantitative estimate of drug-likeness (QED) is 0.458. The van der Waals surface area contributed by atoms with Gasteiger partial charge in [0.1, 0.15) is 0 Å². The third kappa shape index (κ3) is 8.59. The van der Waals surface area contributed by atoms with E-state index in [1.54, 1.807) is 13.8 Å². The van der Waals surface area contributed by atoms with E-state index in [0.29, 0.717) is 24.3 Å². The fraction of sp³-hybridized carbons (Fsp3) is 0.200. The van der Waals surface area contributed by atoms with E-state index in [1.807, 2.05) is 0 Å². The number of aromatic carboxylic acids is 2. The largest absolute Gasteiger partial charge is 2.00 e. The molecule has 0 bridgehead atoms. The summed E-state index contributed by atoms with van der Waals surface area (Å²) < 4.78 is 9.45. The molecule has 8 nitrogen and oxygen atoms in total. The van der Waals surface area contributed by atoms with E-state index < -0.39 is 23.9 Å². The first-order valence-corrected chi connectivity index (χ1v) is 8.27. The first-order valence-electron chi connectivity index (χ1n) is 8.27. The maximum absolute atomic E-state index is 11.1. The Morgan fingerprint density at radius 2 is 0.862 bits per heavy atom. The molecule has 0 aliphatic heterocycles. The number of ether oxygens (including phenoxy) is 2. The molecule has 0 aromatic heterocycles. The van der Waals surface area contributed by atoms with Crippen LogP contribution in [-0.2, 0) is 26.5 Å². The molecule has 0 saturated carbocycles. The standard InChI is InChI=1S/2C10H10O4.Cu/c2*1-2-14-10(13)8-5-3-7(4-6-8)9(11)12;/h2*3-6H,2H2,1H3,(H,11,12);/q;;+2/p-2. The van der Waals surface area contributed by atoms with Crippen molar-refractivity contribution in [3.63, 3.8) is 0 Å². The molecule has 2 aromatic carbocycles. The molecule has 0 unspecified atom stereocenters. The number of esters is 2.